The molecule has 1 amide bonds. The van der Waals surface area contributed by atoms with Crippen molar-refractivity contribution in [3.05, 3.63) is 84.4 Å². The van der Waals surface area contributed by atoms with Crippen LogP contribution in [-0.4, -0.2) is 58.6 Å². The summed E-state index contributed by atoms with van der Waals surface area (Å²) in [5, 5.41) is 11.7. The average molecular weight is 755 g/mol. The molecule has 298 valence electrons. The van der Waals surface area contributed by atoms with Gasteiger partial charge in [-0.2, -0.15) is 0 Å². The van der Waals surface area contributed by atoms with Crippen LogP contribution in [0.4, 0.5) is 5.69 Å². The largest absolute Gasteiger partial charge is 0.494 e. The number of para-hydroxylation sites is 1. The molecule has 3 aromatic carbocycles. The molecule has 0 aliphatic carbocycles. The number of nitrogens with zero attached hydrogens (tertiary/aromatic N) is 3. The Bertz CT molecular complexity index is 1700. The molecular weight excluding hydrogens is 693 g/mol. The molecule has 55 heavy (non-hydrogen) atoms. The van der Waals surface area contributed by atoms with Gasteiger partial charge in [0.25, 0.3) is 0 Å². The van der Waals surface area contributed by atoms with Crippen molar-refractivity contribution in [1.82, 2.24) is 15.0 Å². The van der Waals surface area contributed by atoms with E-state index in [0.717, 1.165) is 37.9 Å². The zero-order valence-electron chi connectivity index (χ0n) is 33.3. The third-order valence-electron chi connectivity index (χ3n) is 10.0. The highest BCUT2D eigenvalue weighted by atomic mass is 16.5. The molecule has 1 N–H and O–H groups in total. The summed E-state index contributed by atoms with van der Waals surface area (Å²) < 4.78 is 19.8. The smallest absolute Gasteiger partial charge is 0.315 e. The number of aromatic nitrogens is 3. The van der Waals surface area contributed by atoms with E-state index in [-0.39, 0.29) is 12.2 Å². The number of ketones is 1. The van der Waals surface area contributed by atoms with Crippen molar-refractivity contribution < 1.29 is 28.6 Å². The number of carbonyl (C=O) groups excluding carboxylic acids is 3. The SMILES string of the molecule is CCCCCCCCCC(CCC(OC)C(C(=O)c1ccccc1)n1nnc2cc(OCCCCCCCC)ccc21)OC(=O)CC(=O)Nc1ccccc1. The molecule has 10 nitrogen and oxygen atoms in total. The maximum absolute atomic E-state index is 14.3. The van der Waals surface area contributed by atoms with Crippen molar-refractivity contribution in [3.63, 3.8) is 0 Å². The topological polar surface area (TPSA) is 122 Å². The van der Waals surface area contributed by atoms with E-state index in [9.17, 15) is 14.4 Å². The van der Waals surface area contributed by atoms with Crippen molar-refractivity contribution in [1.29, 1.82) is 0 Å². The predicted molar refractivity (Wildman–Crippen MR) is 218 cm³/mol. The Labute approximate surface area is 327 Å². The summed E-state index contributed by atoms with van der Waals surface area (Å²) in [6.07, 6.45) is 15.1. The molecule has 0 bridgehead atoms. The molecule has 0 aliphatic rings. The quantitative estimate of drug-likeness (QED) is 0.0263. The van der Waals surface area contributed by atoms with Crippen LogP contribution >= 0.6 is 0 Å². The standard InChI is InChI=1S/C45H62N4O6/c1-4-6-8-10-12-13-21-27-37(55-43(51)34-42(50)46-36-25-19-16-20-26-36)29-31-41(53-3)44(45(52)35-23-17-15-18-24-35)49-40-30-28-38(33-39(40)47-48-49)54-32-22-14-11-9-7-5-2/h15-20,23-26,28,30,33,37,41,44H,4-14,21-22,27,29,31-32,34H2,1-3H3,(H,46,50). The van der Waals surface area contributed by atoms with Gasteiger partial charge in [0.2, 0.25) is 5.91 Å². The zero-order valence-corrected chi connectivity index (χ0v) is 33.3. The highest BCUT2D eigenvalue weighted by molar-refractivity contribution is 6.02. The number of esters is 1. The van der Waals surface area contributed by atoms with E-state index < -0.39 is 30.1 Å². The van der Waals surface area contributed by atoms with E-state index in [4.69, 9.17) is 14.2 Å². The fourth-order valence-corrected chi connectivity index (χ4v) is 6.93. The van der Waals surface area contributed by atoms with Gasteiger partial charge < -0.3 is 19.5 Å². The Morgan fingerprint density at radius 1 is 0.727 bits per heavy atom. The fraction of sp³-hybridized carbons (Fsp3) is 0.533. The van der Waals surface area contributed by atoms with E-state index in [1.807, 2.05) is 54.6 Å². The van der Waals surface area contributed by atoms with Gasteiger partial charge in [0.15, 0.2) is 5.78 Å². The number of hydrogen-bond acceptors (Lipinski definition) is 8. The van der Waals surface area contributed by atoms with Gasteiger partial charge in [-0.15, -0.1) is 5.10 Å². The molecule has 4 rings (SSSR count). The highest BCUT2D eigenvalue weighted by Crippen LogP contribution is 2.30. The van der Waals surface area contributed by atoms with Crippen LogP contribution in [0.15, 0.2) is 78.9 Å². The van der Waals surface area contributed by atoms with Gasteiger partial charge in [0.1, 0.15) is 29.8 Å². The minimum atomic E-state index is -0.834. The van der Waals surface area contributed by atoms with Gasteiger partial charge in [-0.1, -0.05) is 138 Å². The van der Waals surface area contributed by atoms with E-state index in [0.29, 0.717) is 48.2 Å². The van der Waals surface area contributed by atoms with Crippen molar-refractivity contribution in [2.24, 2.45) is 0 Å². The molecule has 4 aromatic rings. The van der Waals surface area contributed by atoms with Gasteiger partial charge in [0, 0.05) is 24.4 Å². The number of hydrogen-bond donors (Lipinski definition) is 1. The van der Waals surface area contributed by atoms with Crippen molar-refractivity contribution in [2.45, 2.75) is 141 Å². The Hall–Kier alpha value is -4.57. The molecular formula is C45H62N4O6. The number of carbonyl (C=O) groups is 3. The molecule has 3 atom stereocenters. The number of Topliss-reactive ketones (excluding diaryl/α,β-unsaturated/α-hetero) is 1. The number of fused-ring (bicyclic) bond motifs is 1. The molecule has 0 saturated heterocycles. The van der Waals surface area contributed by atoms with Crippen molar-refractivity contribution in [3.8, 4) is 5.75 Å². The fourth-order valence-electron chi connectivity index (χ4n) is 6.93. The Kier molecular flexibility index (Phi) is 19.4. The third-order valence-corrected chi connectivity index (χ3v) is 10.0. The Morgan fingerprint density at radius 3 is 2.04 bits per heavy atom. The first-order valence-electron chi connectivity index (χ1n) is 20.6. The van der Waals surface area contributed by atoms with Crippen molar-refractivity contribution >= 4 is 34.4 Å². The summed E-state index contributed by atoms with van der Waals surface area (Å²) in [4.78, 5) is 40.1. The molecule has 0 fully saturated rings. The Balaban J connectivity index is 1.48. The summed E-state index contributed by atoms with van der Waals surface area (Å²) in [6, 6.07) is 23.0. The molecule has 0 aliphatic heterocycles. The third kappa shape index (κ3) is 14.9. The Morgan fingerprint density at radius 2 is 1.36 bits per heavy atom. The molecule has 1 heterocycles. The van der Waals surface area contributed by atoms with Crippen molar-refractivity contribution in [2.75, 3.05) is 19.0 Å². The van der Waals surface area contributed by atoms with E-state index in [2.05, 4.69) is 29.5 Å². The number of unbranched alkanes of at least 4 members (excludes halogenated alkanes) is 11. The van der Waals surface area contributed by atoms with Gasteiger partial charge in [-0.3, -0.25) is 14.4 Å². The van der Waals surface area contributed by atoms with E-state index >= 15 is 0 Å². The van der Waals surface area contributed by atoms with Crippen LogP contribution in [0.1, 0.15) is 139 Å². The van der Waals surface area contributed by atoms with Gasteiger partial charge in [-0.25, -0.2) is 4.68 Å². The first-order chi connectivity index (χ1) is 26.9. The van der Waals surface area contributed by atoms with E-state index in [1.165, 1.54) is 51.4 Å². The number of nitrogens with one attached hydrogen (secondary N) is 1. The second-order valence-corrected chi connectivity index (χ2v) is 14.4. The van der Waals surface area contributed by atoms with Gasteiger partial charge >= 0.3 is 5.97 Å². The number of benzene rings is 3. The molecule has 0 radical (unpaired) electrons. The summed E-state index contributed by atoms with van der Waals surface area (Å²) >= 11 is 0. The average Bonchev–Trinajstić information content (AvgIpc) is 3.61. The van der Waals surface area contributed by atoms with Crippen LogP contribution in [-0.2, 0) is 19.1 Å². The first-order valence-corrected chi connectivity index (χ1v) is 20.6. The molecule has 10 heteroatoms. The second-order valence-electron chi connectivity index (χ2n) is 14.4. The van der Waals surface area contributed by atoms with Crippen LogP contribution < -0.4 is 10.1 Å². The summed E-state index contributed by atoms with van der Waals surface area (Å²) in [7, 11) is 1.59. The normalized spacial score (nSPS) is 12.9. The minimum Gasteiger partial charge on any atom is -0.494 e. The van der Waals surface area contributed by atoms with E-state index in [1.54, 1.807) is 36.1 Å². The summed E-state index contributed by atoms with van der Waals surface area (Å²) in [6.45, 7) is 5.06. The lowest BCUT2D eigenvalue weighted by Crippen LogP contribution is -2.35. The molecule has 0 saturated carbocycles. The van der Waals surface area contributed by atoms with Crippen LogP contribution in [0.25, 0.3) is 11.0 Å². The number of anilines is 1. The van der Waals surface area contributed by atoms with Crippen LogP contribution in [0, 0.1) is 0 Å². The maximum atomic E-state index is 14.3. The number of amides is 1. The van der Waals surface area contributed by atoms with Crippen LogP contribution in [0.3, 0.4) is 0 Å². The lowest BCUT2D eigenvalue weighted by Gasteiger charge is -2.27. The van der Waals surface area contributed by atoms with Gasteiger partial charge in [0.05, 0.1) is 18.2 Å². The lowest BCUT2D eigenvalue weighted by molar-refractivity contribution is -0.151. The minimum absolute atomic E-state index is 0.152. The monoisotopic (exact) mass is 754 g/mol. The molecule has 0 spiro atoms. The lowest BCUT2D eigenvalue weighted by atomic mass is 9.94. The van der Waals surface area contributed by atoms with Crippen LogP contribution in [0.2, 0.25) is 0 Å². The zero-order chi connectivity index (χ0) is 39.1. The maximum Gasteiger partial charge on any atom is 0.315 e. The second kappa shape index (κ2) is 24.8. The first kappa shape index (κ1) is 43.2. The number of rotatable bonds is 28. The summed E-state index contributed by atoms with van der Waals surface area (Å²) in [5.74, 6) is -0.442. The highest BCUT2D eigenvalue weighted by Gasteiger charge is 2.34. The molecule has 3 unspecified atom stereocenters. The molecule has 1 aromatic heterocycles. The number of methoxy groups -OCH3 is 1. The van der Waals surface area contributed by atoms with Gasteiger partial charge in [-0.05, 0) is 56.4 Å². The number of ether oxygens (including phenoxy) is 3. The van der Waals surface area contributed by atoms with Crippen LogP contribution in [0.5, 0.6) is 5.75 Å². The predicted octanol–water partition coefficient (Wildman–Crippen LogP) is 10.5. The summed E-state index contributed by atoms with van der Waals surface area (Å²) in [5.41, 5.74) is 2.47.